The summed E-state index contributed by atoms with van der Waals surface area (Å²) in [6, 6.07) is 3.82. The molecule has 12 heavy (non-hydrogen) atoms. The lowest BCUT2D eigenvalue weighted by Crippen LogP contribution is -1.87. The minimum absolute atomic E-state index is 0.816. The van der Waals surface area contributed by atoms with Crippen LogP contribution < -0.4 is 0 Å². The Morgan fingerprint density at radius 1 is 1.67 bits per heavy atom. The predicted molar refractivity (Wildman–Crippen MR) is 52.6 cm³/mol. The molecule has 1 aromatic heterocycles. The summed E-state index contributed by atoms with van der Waals surface area (Å²) in [5, 5.41) is 0. The zero-order chi connectivity index (χ0) is 8.97. The second-order valence-corrected chi connectivity index (χ2v) is 3.04. The number of ether oxygens (including phenoxy) is 1. The summed E-state index contributed by atoms with van der Waals surface area (Å²) in [6.45, 7) is 1.94. The maximum absolute atomic E-state index is 5.15. The number of aromatic nitrogens is 1. The third kappa shape index (κ3) is 2.08. The molecule has 0 aromatic carbocycles. The van der Waals surface area contributed by atoms with Crippen LogP contribution in [0.4, 0.5) is 0 Å². The van der Waals surface area contributed by atoms with Crippen LogP contribution in [-0.4, -0.2) is 12.1 Å². The van der Waals surface area contributed by atoms with Gasteiger partial charge < -0.3 is 4.74 Å². The molecule has 0 unspecified atom stereocenters. The average Bonchev–Trinajstić information content (AvgIpc) is 2.07. The number of rotatable bonds is 2. The molecule has 0 bridgehead atoms. The summed E-state index contributed by atoms with van der Waals surface area (Å²) in [6.07, 6.45) is 3.66. The highest BCUT2D eigenvalue weighted by atomic mass is 79.9. The lowest BCUT2D eigenvalue weighted by atomic mass is 10.2. The van der Waals surface area contributed by atoms with Crippen molar-refractivity contribution in [2.45, 2.75) is 6.92 Å². The molecule has 0 saturated heterocycles. The van der Waals surface area contributed by atoms with Crippen LogP contribution >= 0.6 is 15.9 Å². The first-order chi connectivity index (χ1) is 5.77. The third-order valence-electron chi connectivity index (χ3n) is 1.49. The van der Waals surface area contributed by atoms with E-state index in [1.807, 2.05) is 25.1 Å². The summed E-state index contributed by atoms with van der Waals surface area (Å²) >= 11 is 3.29. The van der Waals surface area contributed by atoms with Gasteiger partial charge in [0.2, 0.25) is 0 Å². The fourth-order valence-electron chi connectivity index (χ4n) is 0.958. The highest BCUT2D eigenvalue weighted by Gasteiger charge is 1.99. The van der Waals surface area contributed by atoms with Crippen LogP contribution in [-0.2, 0) is 4.74 Å². The van der Waals surface area contributed by atoms with E-state index in [2.05, 4.69) is 20.9 Å². The summed E-state index contributed by atoms with van der Waals surface area (Å²) in [4.78, 5) is 4.02. The highest BCUT2D eigenvalue weighted by Crippen LogP contribution is 2.17. The Hall–Kier alpha value is -0.830. The van der Waals surface area contributed by atoms with E-state index >= 15 is 0 Å². The summed E-state index contributed by atoms with van der Waals surface area (Å²) < 4.78 is 5.97. The number of nitrogens with zero attached hydrogens (tertiary/aromatic N) is 1. The zero-order valence-corrected chi connectivity index (χ0v) is 8.63. The van der Waals surface area contributed by atoms with Gasteiger partial charge in [-0.2, -0.15) is 0 Å². The Morgan fingerprint density at radius 2 is 2.42 bits per heavy atom. The van der Waals surface area contributed by atoms with Crippen molar-refractivity contribution in [1.82, 2.24) is 4.98 Å². The van der Waals surface area contributed by atoms with Gasteiger partial charge in [-0.15, -0.1) is 0 Å². The molecule has 1 heterocycles. The molecule has 3 heteroatoms. The van der Waals surface area contributed by atoms with E-state index in [-0.39, 0.29) is 0 Å². The second kappa shape index (κ2) is 4.26. The molecule has 0 radical (unpaired) electrons. The van der Waals surface area contributed by atoms with Crippen LogP contribution in [0, 0.1) is 0 Å². The van der Waals surface area contributed by atoms with Gasteiger partial charge >= 0.3 is 0 Å². The largest absolute Gasteiger partial charge is 0.496 e. The fourth-order valence-corrected chi connectivity index (χ4v) is 1.32. The molecule has 1 aromatic rings. The van der Waals surface area contributed by atoms with Gasteiger partial charge in [-0.05, 0) is 41.1 Å². The molecule has 0 saturated carbocycles. The van der Waals surface area contributed by atoms with Gasteiger partial charge in [0, 0.05) is 11.8 Å². The molecule has 2 nitrogen and oxygen atoms in total. The average molecular weight is 228 g/mol. The number of methoxy groups -OCH3 is 1. The Morgan fingerprint density at radius 3 is 2.92 bits per heavy atom. The van der Waals surface area contributed by atoms with Crippen molar-refractivity contribution in [3.63, 3.8) is 0 Å². The minimum atomic E-state index is 0.816. The fraction of sp³-hybridized carbons (Fsp3) is 0.222. The van der Waals surface area contributed by atoms with Crippen LogP contribution in [0.1, 0.15) is 12.5 Å². The first-order valence-electron chi connectivity index (χ1n) is 3.60. The number of hydrogen-bond donors (Lipinski definition) is 0. The summed E-state index contributed by atoms with van der Waals surface area (Å²) in [5.74, 6) is 0.859. The van der Waals surface area contributed by atoms with Gasteiger partial charge in [-0.1, -0.05) is 0 Å². The van der Waals surface area contributed by atoms with Gasteiger partial charge in [0.1, 0.15) is 10.4 Å². The van der Waals surface area contributed by atoms with Crippen molar-refractivity contribution in [1.29, 1.82) is 0 Å². The number of hydrogen-bond acceptors (Lipinski definition) is 2. The van der Waals surface area contributed by atoms with E-state index < -0.39 is 0 Å². The highest BCUT2D eigenvalue weighted by molar-refractivity contribution is 9.10. The zero-order valence-electron chi connectivity index (χ0n) is 7.04. The smallest absolute Gasteiger partial charge is 0.121 e. The van der Waals surface area contributed by atoms with Crippen molar-refractivity contribution in [2.24, 2.45) is 0 Å². The van der Waals surface area contributed by atoms with Gasteiger partial charge in [0.05, 0.1) is 7.11 Å². The Kier molecular flexibility index (Phi) is 3.29. The van der Waals surface area contributed by atoms with Crippen LogP contribution in [0.3, 0.4) is 0 Å². The Bertz CT molecular complexity index is 296. The number of pyridine rings is 1. The first-order valence-corrected chi connectivity index (χ1v) is 4.39. The molecule has 1 rings (SSSR count). The first kappa shape index (κ1) is 9.26. The predicted octanol–water partition coefficient (Wildman–Crippen LogP) is 2.85. The van der Waals surface area contributed by atoms with Crippen LogP contribution in [0.5, 0.6) is 0 Å². The van der Waals surface area contributed by atoms with E-state index in [0.29, 0.717) is 0 Å². The van der Waals surface area contributed by atoms with E-state index in [0.717, 1.165) is 15.9 Å². The van der Waals surface area contributed by atoms with E-state index in [1.54, 1.807) is 13.3 Å². The minimum Gasteiger partial charge on any atom is -0.496 e. The summed E-state index contributed by atoms with van der Waals surface area (Å²) in [7, 11) is 1.66. The Labute approximate surface area is 80.4 Å². The quantitative estimate of drug-likeness (QED) is 0.573. The SMILES string of the molecule is CC=C(OC)c1ccnc(Br)c1. The molecular formula is C9H10BrNO. The van der Waals surface area contributed by atoms with Crippen LogP contribution in [0.25, 0.3) is 5.76 Å². The van der Waals surface area contributed by atoms with Crippen LogP contribution in [0.15, 0.2) is 29.0 Å². The number of halogens is 1. The van der Waals surface area contributed by atoms with Crippen LogP contribution in [0.2, 0.25) is 0 Å². The maximum atomic E-state index is 5.15. The lowest BCUT2D eigenvalue weighted by Gasteiger charge is -2.04. The summed E-state index contributed by atoms with van der Waals surface area (Å²) in [5.41, 5.74) is 1.03. The van der Waals surface area contributed by atoms with Crippen molar-refractivity contribution >= 4 is 21.7 Å². The molecule has 0 fully saturated rings. The van der Waals surface area contributed by atoms with E-state index in [1.165, 1.54) is 0 Å². The van der Waals surface area contributed by atoms with E-state index in [9.17, 15) is 0 Å². The molecule has 0 spiro atoms. The maximum Gasteiger partial charge on any atom is 0.121 e. The lowest BCUT2D eigenvalue weighted by molar-refractivity contribution is 0.369. The second-order valence-electron chi connectivity index (χ2n) is 2.22. The number of allylic oxidation sites excluding steroid dienone is 1. The Balaban J connectivity index is 3.02. The van der Waals surface area contributed by atoms with E-state index in [4.69, 9.17) is 4.74 Å². The molecule has 64 valence electrons. The molecular weight excluding hydrogens is 218 g/mol. The third-order valence-corrected chi connectivity index (χ3v) is 1.93. The van der Waals surface area contributed by atoms with Gasteiger partial charge in [-0.25, -0.2) is 4.98 Å². The molecule has 0 aliphatic carbocycles. The molecule has 0 amide bonds. The van der Waals surface area contributed by atoms with Crippen molar-refractivity contribution < 1.29 is 4.74 Å². The van der Waals surface area contributed by atoms with Crippen molar-refractivity contribution in [3.8, 4) is 0 Å². The van der Waals surface area contributed by atoms with Crippen molar-refractivity contribution in [2.75, 3.05) is 7.11 Å². The van der Waals surface area contributed by atoms with Gasteiger partial charge in [0.15, 0.2) is 0 Å². The topological polar surface area (TPSA) is 22.1 Å². The van der Waals surface area contributed by atoms with Gasteiger partial charge in [0.25, 0.3) is 0 Å². The van der Waals surface area contributed by atoms with Crippen molar-refractivity contribution in [3.05, 3.63) is 34.6 Å². The molecule has 0 atom stereocenters. The molecule has 0 aliphatic rings. The normalized spacial score (nSPS) is 11.4. The van der Waals surface area contributed by atoms with Gasteiger partial charge in [-0.3, -0.25) is 0 Å². The standard InChI is InChI=1S/C9H10BrNO/c1-3-8(12-2)7-4-5-11-9(10)6-7/h3-6H,1-2H3. The molecule has 0 aliphatic heterocycles. The molecule has 0 N–H and O–H groups in total. The monoisotopic (exact) mass is 227 g/mol.